The largest absolute Gasteiger partial charge is 0.353 e. The molecule has 2 aromatic rings. The molecule has 1 unspecified atom stereocenters. The van der Waals surface area contributed by atoms with Crippen LogP contribution in [0.2, 0.25) is 5.02 Å². The summed E-state index contributed by atoms with van der Waals surface area (Å²) in [5.41, 5.74) is 2.58. The Morgan fingerprint density at radius 1 is 1.16 bits per heavy atom. The molecule has 1 heterocycles. The van der Waals surface area contributed by atoms with Crippen LogP contribution in [-0.4, -0.2) is 4.57 Å². The van der Waals surface area contributed by atoms with Crippen molar-refractivity contribution in [2.45, 2.75) is 26.4 Å². The molecular formula is C16H21ClN2. The number of aromatic nitrogens is 1. The van der Waals surface area contributed by atoms with Crippen LogP contribution >= 0.6 is 11.6 Å². The number of halogens is 1. The SMILES string of the molecule is CC(C)C(NCc1cccn1C)c1ccc(Cl)cc1. The van der Waals surface area contributed by atoms with Crippen LogP contribution in [-0.2, 0) is 13.6 Å². The summed E-state index contributed by atoms with van der Waals surface area (Å²) >= 11 is 5.95. The summed E-state index contributed by atoms with van der Waals surface area (Å²) in [7, 11) is 2.07. The fourth-order valence-corrected chi connectivity index (χ4v) is 2.43. The molecule has 0 saturated heterocycles. The van der Waals surface area contributed by atoms with E-state index in [9.17, 15) is 0 Å². The van der Waals surface area contributed by atoms with Crippen LogP contribution in [0.3, 0.4) is 0 Å². The van der Waals surface area contributed by atoms with Gasteiger partial charge < -0.3 is 9.88 Å². The predicted molar refractivity (Wildman–Crippen MR) is 81.3 cm³/mol. The van der Waals surface area contributed by atoms with E-state index in [2.05, 4.69) is 61.2 Å². The lowest BCUT2D eigenvalue weighted by Gasteiger charge is -2.23. The van der Waals surface area contributed by atoms with Crippen molar-refractivity contribution in [3.8, 4) is 0 Å². The summed E-state index contributed by atoms with van der Waals surface area (Å²) in [4.78, 5) is 0. The fraction of sp³-hybridized carbons (Fsp3) is 0.375. The third kappa shape index (κ3) is 3.62. The molecule has 1 atom stereocenters. The van der Waals surface area contributed by atoms with E-state index in [4.69, 9.17) is 11.6 Å². The molecule has 0 spiro atoms. The molecule has 0 aliphatic heterocycles. The van der Waals surface area contributed by atoms with Gasteiger partial charge in [-0.15, -0.1) is 0 Å². The normalized spacial score (nSPS) is 12.9. The zero-order valence-electron chi connectivity index (χ0n) is 11.7. The number of hydrogen-bond donors (Lipinski definition) is 1. The van der Waals surface area contributed by atoms with Crippen LogP contribution in [0.15, 0.2) is 42.6 Å². The Morgan fingerprint density at radius 3 is 2.37 bits per heavy atom. The molecule has 3 heteroatoms. The second-order valence-electron chi connectivity index (χ2n) is 5.26. The number of hydrogen-bond acceptors (Lipinski definition) is 1. The van der Waals surface area contributed by atoms with Crippen molar-refractivity contribution in [1.29, 1.82) is 0 Å². The average Bonchev–Trinajstić information content (AvgIpc) is 2.77. The molecule has 1 N–H and O–H groups in total. The average molecular weight is 277 g/mol. The second-order valence-corrected chi connectivity index (χ2v) is 5.70. The zero-order chi connectivity index (χ0) is 13.8. The molecule has 19 heavy (non-hydrogen) atoms. The lowest BCUT2D eigenvalue weighted by Crippen LogP contribution is -2.26. The van der Waals surface area contributed by atoms with Crippen LogP contribution in [0.5, 0.6) is 0 Å². The van der Waals surface area contributed by atoms with Crippen LogP contribution in [0, 0.1) is 5.92 Å². The van der Waals surface area contributed by atoms with Crippen molar-refractivity contribution in [2.75, 3.05) is 0 Å². The van der Waals surface area contributed by atoms with E-state index < -0.39 is 0 Å². The zero-order valence-corrected chi connectivity index (χ0v) is 12.5. The fourth-order valence-electron chi connectivity index (χ4n) is 2.30. The van der Waals surface area contributed by atoms with Crippen LogP contribution in [0.1, 0.15) is 31.1 Å². The van der Waals surface area contributed by atoms with E-state index in [1.807, 2.05) is 12.1 Å². The van der Waals surface area contributed by atoms with Crippen molar-refractivity contribution in [2.24, 2.45) is 13.0 Å². The Labute approximate surface area is 120 Å². The molecule has 2 nitrogen and oxygen atoms in total. The Kier molecular flexibility index (Phi) is 4.67. The van der Waals surface area contributed by atoms with Gasteiger partial charge in [-0.2, -0.15) is 0 Å². The molecule has 1 aromatic carbocycles. The summed E-state index contributed by atoms with van der Waals surface area (Å²) < 4.78 is 2.15. The maximum atomic E-state index is 5.95. The minimum Gasteiger partial charge on any atom is -0.353 e. The standard InChI is InChI=1S/C16H21ClN2/c1-12(2)16(13-6-8-14(17)9-7-13)18-11-15-5-4-10-19(15)3/h4-10,12,16,18H,11H2,1-3H3. The first kappa shape index (κ1) is 14.2. The molecule has 1 aromatic heterocycles. The number of aryl methyl sites for hydroxylation is 1. The van der Waals surface area contributed by atoms with Gasteiger partial charge in [0.25, 0.3) is 0 Å². The van der Waals surface area contributed by atoms with E-state index >= 15 is 0 Å². The maximum absolute atomic E-state index is 5.95. The Morgan fingerprint density at radius 2 is 1.84 bits per heavy atom. The minimum atomic E-state index is 0.340. The number of benzene rings is 1. The quantitative estimate of drug-likeness (QED) is 0.867. The summed E-state index contributed by atoms with van der Waals surface area (Å²) in [6.45, 7) is 5.34. The molecule has 0 radical (unpaired) electrons. The van der Waals surface area contributed by atoms with E-state index in [-0.39, 0.29) is 0 Å². The summed E-state index contributed by atoms with van der Waals surface area (Å²) in [6.07, 6.45) is 2.07. The van der Waals surface area contributed by atoms with Gasteiger partial charge in [0.05, 0.1) is 0 Å². The Bertz CT molecular complexity index is 514. The summed E-state index contributed by atoms with van der Waals surface area (Å²) in [6, 6.07) is 12.7. The molecule has 0 bridgehead atoms. The van der Waals surface area contributed by atoms with E-state index in [0.29, 0.717) is 12.0 Å². The molecule has 0 aliphatic rings. The van der Waals surface area contributed by atoms with Gasteiger partial charge in [0.15, 0.2) is 0 Å². The van der Waals surface area contributed by atoms with Gasteiger partial charge >= 0.3 is 0 Å². The smallest absolute Gasteiger partial charge is 0.0406 e. The first-order valence-electron chi connectivity index (χ1n) is 6.67. The Hall–Kier alpha value is -1.25. The van der Waals surface area contributed by atoms with Gasteiger partial charge in [-0.25, -0.2) is 0 Å². The molecule has 2 rings (SSSR count). The van der Waals surface area contributed by atoms with Crippen molar-refractivity contribution >= 4 is 11.6 Å². The van der Waals surface area contributed by atoms with Crippen molar-refractivity contribution in [3.63, 3.8) is 0 Å². The molecular weight excluding hydrogens is 256 g/mol. The molecule has 0 saturated carbocycles. The third-order valence-corrected chi connectivity index (χ3v) is 3.70. The highest BCUT2D eigenvalue weighted by atomic mass is 35.5. The second kappa shape index (κ2) is 6.27. The van der Waals surface area contributed by atoms with Gasteiger partial charge in [-0.3, -0.25) is 0 Å². The lowest BCUT2D eigenvalue weighted by atomic mass is 9.96. The van der Waals surface area contributed by atoms with Gasteiger partial charge in [-0.1, -0.05) is 37.6 Å². The highest BCUT2D eigenvalue weighted by Crippen LogP contribution is 2.23. The highest BCUT2D eigenvalue weighted by molar-refractivity contribution is 6.30. The minimum absolute atomic E-state index is 0.340. The van der Waals surface area contributed by atoms with Crippen LogP contribution in [0.4, 0.5) is 0 Å². The Balaban J connectivity index is 2.08. The summed E-state index contributed by atoms with van der Waals surface area (Å²) in [5, 5.41) is 4.42. The van der Waals surface area contributed by atoms with E-state index in [1.165, 1.54) is 11.3 Å². The first-order chi connectivity index (χ1) is 9.08. The maximum Gasteiger partial charge on any atom is 0.0406 e. The third-order valence-electron chi connectivity index (χ3n) is 3.45. The topological polar surface area (TPSA) is 17.0 Å². The first-order valence-corrected chi connectivity index (χ1v) is 7.05. The van der Waals surface area contributed by atoms with E-state index in [0.717, 1.165) is 11.6 Å². The number of nitrogens with zero attached hydrogens (tertiary/aromatic N) is 1. The number of nitrogens with one attached hydrogen (secondary N) is 1. The highest BCUT2D eigenvalue weighted by Gasteiger charge is 2.15. The van der Waals surface area contributed by atoms with E-state index in [1.54, 1.807) is 0 Å². The summed E-state index contributed by atoms with van der Waals surface area (Å²) in [5.74, 6) is 0.529. The number of rotatable bonds is 5. The van der Waals surface area contributed by atoms with Gasteiger partial charge in [0, 0.05) is 36.5 Å². The molecule has 0 amide bonds. The van der Waals surface area contributed by atoms with Crippen LogP contribution < -0.4 is 5.32 Å². The molecule has 102 valence electrons. The van der Waals surface area contributed by atoms with Gasteiger partial charge in [0.2, 0.25) is 0 Å². The van der Waals surface area contributed by atoms with Crippen molar-refractivity contribution in [3.05, 3.63) is 58.9 Å². The van der Waals surface area contributed by atoms with Gasteiger partial charge in [-0.05, 0) is 35.7 Å². The lowest BCUT2D eigenvalue weighted by molar-refractivity contribution is 0.406. The van der Waals surface area contributed by atoms with Crippen molar-refractivity contribution < 1.29 is 0 Å². The van der Waals surface area contributed by atoms with Crippen molar-refractivity contribution in [1.82, 2.24) is 9.88 Å². The monoisotopic (exact) mass is 276 g/mol. The predicted octanol–water partition coefficient (Wildman–Crippen LogP) is 4.17. The van der Waals surface area contributed by atoms with Gasteiger partial charge in [0.1, 0.15) is 0 Å². The molecule has 0 aliphatic carbocycles. The molecule has 0 fully saturated rings. The van der Waals surface area contributed by atoms with Crippen LogP contribution in [0.25, 0.3) is 0 Å².